The first-order chi connectivity index (χ1) is 20.7. The number of carbonyl (C=O) groups excluding carboxylic acids is 1. The Morgan fingerprint density at radius 3 is 2.63 bits per heavy atom. The molecule has 218 valence electrons. The lowest BCUT2D eigenvalue weighted by atomic mass is 9.96. The number of nitrogens with zero attached hydrogens (tertiary/aromatic N) is 3. The van der Waals surface area contributed by atoms with Crippen LogP contribution in [0.15, 0.2) is 86.2 Å². The second kappa shape index (κ2) is 13.0. The number of benzene rings is 3. The predicted octanol–water partition coefficient (Wildman–Crippen LogP) is 5.67. The number of hydrogen-bond donors (Lipinski definition) is 0. The second-order valence-corrected chi connectivity index (χ2v) is 11.7. The van der Waals surface area contributed by atoms with Crippen LogP contribution in [-0.2, 0) is 16.1 Å². The van der Waals surface area contributed by atoms with Crippen LogP contribution >= 0.6 is 38.9 Å². The van der Waals surface area contributed by atoms with Crippen LogP contribution < -0.4 is 24.4 Å². The minimum atomic E-state index is -0.801. The van der Waals surface area contributed by atoms with Gasteiger partial charge in [-0.1, -0.05) is 53.3 Å². The SMILES string of the molecule is CCOC(=O)C1=C(C)N=c2s/c(=C\c3cc(Br)c(OCc4ccc(C#N)cc4)c(OC)c3)c(=O)n2[C@H]1c1ccccc1Cl. The van der Waals surface area contributed by atoms with E-state index in [9.17, 15) is 9.59 Å². The van der Waals surface area contributed by atoms with Crippen LogP contribution in [-0.4, -0.2) is 24.3 Å². The second-order valence-electron chi connectivity index (χ2n) is 9.46. The van der Waals surface area contributed by atoms with Gasteiger partial charge in [0, 0.05) is 5.02 Å². The summed E-state index contributed by atoms with van der Waals surface area (Å²) in [5, 5.41) is 9.44. The Morgan fingerprint density at radius 1 is 1.21 bits per heavy atom. The van der Waals surface area contributed by atoms with E-state index in [4.69, 9.17) is 31.1 Å². The fourth-order valence-corrected chi connectivity index (χ4v) is 6.59. The average molecular weight is 679 g/mol. The Balaban J connectivity index is 1.56. The van der Waals surface area contributed by atoms with Crippen molar-refractivity contribution >= 4 is 50.9 Å². The standard InChI is InChI=1S/C32H25BrClN3O5S/c1-4-41-31(39)27-18(2)36-32-37(28(27)22-7-5-6-8-24(22)34)30(38)26(43-32)15-21-13-23(33)29(25(14-21)40-3)42-17-20-11-9-19(16-35)10-12-20/h5-15,28H,4,17H2,1-3H3/b26-15-/t28-/m0/s1. The smallest absolute Gasteiger partial charge is 0.338 e. The van der Waals surface area contributed by atoms with Crippen molar-refractivity contribution in [1.82, 2.24) is 4.57 Å². The van der Waals surface area contributed by atoms with Crippen LogP contribution in [0.25, 0.3) is 6.08 Å². The van der Waals surface area contributed by atoms with Crippen LogP contribution in [0, 0.1) is 11.3 Å². The maximum absolute atomic E-state index is 13.9. The van der Waals surface area contributed by atoms with Crippen molar-refractivity contribution in [2.75, 3.05) is 13.7 Å². The molecule has 4 aromatic rings. The molecule has 2 heterocycles. The fraction of sp³-hybridized carbons (Fsp3) is 0.188. The van der Waals surface area contributed by atoms with Gasteiger partial charge in [0.2, 0.25) is 0 Å². The third-order valence-electron chi connectivity index (χ3n) is 6.73. The third-order valence-corrected chi connectivity index (χ3v) is 8.65. The fourth-order valence-electron chi connectivity index (χ4n) is 4.73. The number of carbonyl (C=O) groups is 1. The van der Waals surface area contributed by atoms with Crippen LogP contribution in [0.3, 0.4) is 0 Å². The maximum Gasteiger partial charge on any atom is 0.338 e. The molecule has 3 aromatic carbocycles. The molecular formula is C32H25BrClN3O5S. The number of esters is 1. The zero-order chi connectivity index (χ0) is 30.7. The van der Waals surface area contributed by atoms with Crippen molar-refractivity contribution in [1.29, 1.82) is 5.26 Å². The number of thiazole rings is 1. The molecule has 0 spiro atoms. The van der Waals surface area contributed by atoms with Gasteiger partial charge in [-0.25, -0.2) is 9.79 Å². The zero-order valence-electron chi connectivity index (χ0n) is 23.4. The average Bonchev–Trinajstić information content (AvgIpc) is 3.30. The number of rotatable bonds is 8. The quantitative estimate of drug-likeness (QED) is 0.223. The molecule has 0 N–H and O–H groups in total. The van der Waals surface area contributed by atoms with E-state index in [0.29, 0.717) is 52.7 Å². The molecule has 0 saturated heterocycles. The van der Waals surface area contributed by atoms with Crippen molar-refractivity contribution in [3.63, 3.8) is 0 Å². The summed E-state index contributed by atoms with van der Waals surface area (Å²) in [6, 6.07) is 19.1. The van der Waals surface area contributed by atoms with Crippen LogP contribution in [0.2, 0.25) is 5.02 Å². The van der Waals surface area contributed by atoms with E-state index in [1.165, 1.54) is 23.0 Å². The van der Waals surface area contributed by atoms with Crippen molar-refractivity contribution in [2.24, 2.45) is 4.99 Å². The summed E-state index contributed by atoms with van der Waals surface area (Å²) in [7, 11) is 1.54. The van der Waals surface area contributed by atoms with Crippen molar-refractivity contribution in [2.45, 2.75) is 26.5 Å². The van der Waals surface area contributed by atoms with Crippen LogP contribution in [0.4, 0.5) is 0 Å². The minimum Gasteiger partial charge on any atom is -0.493 e. The van der Waals surface area contributed by atoms with E-state index in [2.05, 4.69) is 27.0 Å². The van der Waals surface area contributed by atoms with Gasteiger partial charge in [-0.2, -0.15) is 5.26 Å². The number of fused-ring (bicyclic) bond motifs is 1. The number of hydrogen-bond acceptors (Lipinski definition) is 8. The van der Waals surface area contributed by atoms with Gasteiger partial charge in [-0.15, -0.1) is 0 Å². The number of aromatic nitrogens is 1. The highest BCUT2D eigenvalue weighted by atomic mass is 79.9. The molecule has 0 unspecified atom stereocenters. The summed E-state index contributed by atoms with van der Waals surface area (Å²) in [6.07, 6.45) is 1.74. The Labute approximate surface area is 264 Å². The molecule has 11 heteroatoms. The molecule has 0 bridgehead atoms. The van der Waals surface area contributed by atoms with Crippen molar-refractivity contribution < 1.29 is 19.0 Å². The number of nitriles is 1. The highest BCUT2D eigenvalue weighted by molar-refractivity contribution is 9.10. The monoisotopic (exact) mass is 677 g/mol. The summed E-state index contributed by atoms with van der Waals surface area (Å²) in [5.74, 6) is 0.420. The molecule has 1 aliphatic rings. The van der Waals surface area contributed by atoms with Crippen LogP contribution in [0.1, 0.15) is 42.1 Å². The van der Waals surface area contributed by atoms with Gasteiger partial charge in [0.15, 0.2) is 16.3 Å². The van der Waals surface area contributed by atoms with E-state index < -0.39 is 12.0 Å². The lowest BCUT2D eigenvalue weighted by Gasteiger charge is -2.25. The molecule has 0 saturated carbocycles. The maximum atomic E-state index is 13.9. The summed E-state index contributed by atoms with van der Waals surface area (Å²) in [6.45, 7) is 3.90. The Kier molecular flexibility index (Phi) is 9.16. The first-order valence-corrected chi connectivity index (χ1v) is 15.2. The lowest BCUT2D eigenvalue weighted by Crippen LogP contribution is -2.40. The first kappa shape index (κ1) is 30.3. The molecule has 43 heavy (non-hydrogen) atoms. The van der Waals surface area contributed by atoms with Gasteiger partial charge in [0.1, 0.15) is 12.6 Å². The van der Waals surface area contributed by atoms with Crippen molar-refractivity contribution in [3.8, 4) is 17.6 Å². The summed E-state index contributed by atoms with van der Waals surface area (Å²) in [5.41, 5.74) is 3.16. The molecule has 0 amide bonds. The highest BCUT2D eigenvalue weighted by Crippen LogP contribution is 2.38. The molecule has 0 fully saturated rings. The molecule has 5 rings (SSSR count). The van der Waals surface area contributed by atoms with E-state index >= 15 is 0 Å². The van der Waals surface area contributed by atoms with Crippen LogP contribution in [0.5, 0.6) is 11.5 Å². The molecule has 1 aromatic heterocycles. The topological polar surface area (TPSA) is 103 Å². The lowest BCUT2D eigenvalue weighted by molar-refractivity contribution is -0.139. The first-order valence-electron chi connectivity index (χ1n) is 13.2. The molecular weight excluding hydrogens is 654 g/mol. The van der Waals surface area contributed by atoms with E-state index in [1.54, 1.807) is 56.3 Å². The van der Waals surface area contributed by atoms with E-state index in [0.717, 1.165) is 5.56 Å². The zero-order valence-corrected chi connectivity index (χ0v) is 26.5. The Morgan fingerprint density at radius 2 is 1.95 bits per heavy atom. The van der Waals surface area contributed by atoms with Gasteiger partial charge >= 0.3 is 5.97 Å². The Hall–Kier alpha value is -4.17. The molecule has 8 nitrogen and oxygen atoms in total. The molecule has 0 aliphatic carbocycles. The molecule has 1 atom stereocenters. The van der Waals surface area contributed by atoms with Crippen molar-refractivity contribution in [3.05, 3.63) is 123 Å². The third kappa shape index (κ3) is 6.15. The summed E-state index contributed by atoms with van der Waals surface area (Å²) in [4.78, 5) is 32.1. The number of allylic oxidation sites excluding steroid dienone is 1. The van der Waals surface area contributed by atoms with E-state index in [1.807, 2.05) is 24.3 Å². The molecule has 0 radical (unpaired) electrons. The summed E-state index contributed by atoms with van der Waals surface area (Å²) >= 11 is 11.4. The highest BCUT2D eigenvalue weighted by Gasteiger charge is 2.34. The molecule has 1 aliphatic heterocycles. The van der Waals surface area contributed by atoms with Gasteiger partial charge in [0.25, 0.3) is 5.56 Å². The van der Waals surface area contributed by atoms with Gasteiger partial charge in [0.05, 0.1) is 45.6 Å². The normalized spacial score (nSPS) is 14.5. The van der Waals surface area contributed by atoms with Gasteiger partial charge < -0.3 is 14.2 Å². The largest absolute Gasteiger partial charge is 0.493 e. The van der Waals surface area contributed by atoms with Gasteiger partial charge in [-0.05, 0) is 82.9 Å². The number of halogens is 2. The summed E-state index contributed by atoms with van der Waals surface area (Å²) < 4.78 is 19.6. The minimum absolute atomic E-state index is 0.180. The number of methoxy groups -OCH3 is 1. The predicted molar refractivity (Wildman–Crippen MR) is 168 cm³/mol. The Bertz CT molecular complexity index is 1980. The number of ether oxygens (including phenoxy) is 3. The van der Waals surface area contributed by atoms with Gasteiger partial charge in [-0.3, -0.25) is 9.36 Å². The van der Waals surface area contributed by atoms with E-state index in [-0.39, 0.29) is 24.3 Å².